The minimum atomic E-state index is -0.217. The van der Waals surface area contributed by atoms with E-state index >= 15 is 0 Å². The highest BCUT2D eigenvalue weighted by Crippen LogP contribution is 2.36. The summed E-state index contributed by atoms with van der Waals surface area (Å²) in [6.07, 6.45) is 2.66. The van der Waals surface area contributed by atoms with Gasteiger partial charge in [-0.05, 0) is 48.9 Å². The molecule has 0 radical (unpaired) electrons. The molecule has 0 amide bonds. The minimum absolute atomic E-state index is 0.217. The molecule has 2 nitrogen and oxygen atoms in total. The highest BCUT2D eigenvalue weighted by atomic mass is 79.9. The van der Waals surface area contributed by atoms with E-state index in [1.165, 1.54) is 6.07 Å². The molecule has 0 atom stereocenters. The molecule has 0 fully saturated rings. The lowest BCUT2D eigenvalue weighted by molar-refractivity contribution is 0.623. The van der Waals surface area contributed by atoms with E-state index in [1.54, 1.807) is 17.8 Å². The van der Waals surface area contributed by atoms with Gasteiger partial charge in [0.25, 0.3) is 0 Å². The van der Waals surface area contributed by atoms with Crippen molar-refractivity contribution in [3.8, 4) is 0 Å². The number of nitrogens with two attached hydrogens (primary N) is 1. The number of rotatable bonds is 4. The molecule has 3 rings (SSSR count). The van der Waals surface area contributed by atoms with Crippen LogP contribution in [0.4, 0.5) is 4.39 Å². The van der Waals surface area contributed by atoms with Crippen LogP contribution in [0.2, 0.25) is 0 Å². The molecule has 5 heteroatoms. The zero-order valence-electron chi connectivity index (χ0n) is 11.2. The Balaban J connectivity index is 1.98. The maximum atomic E-state index is 13.4. The zero-order chi connectivity index (χ0) is 14.8. The van der Waals surface area contributed by atoms with Crippen molar-refractivity contribution in [2.75, 3.05) is 6.54 Å². The summed E-state index contributed by atoms with van der Waals surface area (Å²) in [5, 5.41) is 1.16. The number of fused-ring (bicyclic) bond motifs is 1. The Labute approximate surface area is 135 Å². The SMILES string of the molecule is NCCc1cc(F)ccc1Sc1c[nH]c2cc(Br)ccc12. The van der Waals surface area contributed by atoms with Gasteiger partial charge in [0.1, 0.15) is 5.82 Å². The summed E-state index contributed by atoms with van der Waals surface area (Å²) in [5.74, 6) is -0.217. The molecular weight excluding hydrogens is 351 g/mol. The normalized spacial score (nSPS) is 11.2. The second kappa shape index (κ2) is 6.22. The van der Waals surface area contributed by atoms with Gasteiger partial charge in [-0.25, -0.2) is 4.39 Å². The first-order valence-electron chi connectivity index (χ1n) is 6.60. The van der Waals surface area contributed by atoms with Crippen LogP contribution >= 0.6 is 27.7 Å². The van der Waals surface area contributed by atoms with Gasteiger partial charge in [-0.2, -0.15) is 0 Å². The fourth-order valence-corrected chi connectivity index (χ4v) is 3.71. The molecule has 0 aliphatic heterocycles. The predicted octanol–water partition coefficient (Wildman–Crippen LogP) is 4.72. The molecule has 3 aromatic rings. The smallest absolute Gasteiger partial charge is 0.123 e. The monoisotopic (exact) mass is 364 g/mol. The first kappa shape index (κ1) is 14.6. The molecule has 0 saturated carbocycles. The summed E-state index contributed by atoms with van der Waals surface area (Å²) < 4.78 is 14.4. The quantitative estimate of drug-likeness (QED) is 0.702. The Bertz CT molecular complexity index is 785. The third-order valence-electron chi connectivity index (χ3n) is 3.26. The van der Waals surface area contributed by atoms with E-state index in [0.29, 0.717) is 13.0 Å². The summed E-state index contributed by atoms with van der Waals surface area (Å²) in [4.78, 5) is 5.44. The van der Waals surface area contributed by atoms with Gasteiger partial charge in [-0.1, -0.05) is 33.8 Å². The Hall–Kier alpha value is -1.30. The van der Waals surface area contributed by atoms with E-state index in [2.05, 4.69) is 27.0 Å². The van der Waals surface area contributed by atoms with Gasteiger partial charge in [-0.3, -0.25) is 0 Å². The number of hydrogen-bond donors (Lipinski definition) is 2. The molecule has 21 heavy (non-hydrogen) atoms. The van der Waals surface area contributed by atoms with E-state index < -0.39 is 0 Å². The Morgan fingerprint density at radius 3 is 2.81 bits per heavy atom. The molecule has 0 aliphatic rings. The number of halogens is 2. The van der Waals surface area contributed by atoms with Gasteiger partial charge in [-0.15, -0.1) is 0 Å². The van der Waals surface area contributed by atoms with Crippen molar-refractivity contribution in [2.45, 2.75) is 16.2 Å². The van der Waals surface area contributed by atoms with Crippen LogP contribution in [0.15, 0.2) is 56.9 Å². The molecule has 0 bridgehead atoms. The molecule has 0 saturated heterocycles. The number of aromatic nitrogens is 1. The van der Waals surface area contributed by atoms with Gasteiger partial charge in [0, 0.05) is 31.4 Å². The topological polar surface area (TPSA) is 41.8 Å². The Morgan fingerprint density at radius 1 is 1.14 bits per heavy atom. The summed E-state index contributed by atoms with van der Waals surface area (Å²) in [7, 11) is 0. The molecule has 1 heterocycles. The van der Waals surface area contributed by atoms with Gasteiger partial charge >= 0.3 is 0 Å². The summed E-state index contributed by atoms with van der Waals surface area (Å²) in [6.45, 7) is 0.512. The van der Waals surface area contributed by atoms with E-state index in [0.717, 1.165) is 30.7 Å². The van der Waals surface area contributed by atoms with Crippen molar-refractivity contribution in [1.82, 2.24) is 4.98 Å². The third-order valence-corrected chi connectivity index (χ3v) is 4.93. The van der Waals surface area contributed by atoms with Crippen LogP contribution in [0.3, 0.4) is 0 Å². The highest BCUT2D eigenvalue weighted by molar-refractivity contribution is 9.10. The van der Waals surface area contributed by atoms with Crippen molar-refractivity contribution >= 4 is 38.6 Å². The fourth-order valence-electron chi connectivity index (χ4n) is 2.27. The molecule has 0 spiro atoms. The van der Waals surface area contributed by atoms with Crippen molar-refractivity contribution in [3.05, 3.63) is 58.4 Å². The summed E-state index contributed by atoms with van der Waals surface area (Å²) >= 11 is 5.10. The van der Waals surface area contributed by atoms with E-state index in [9.17, 15) is 4.39 Å². The largest absolute Gasteiger partial charge is 0.360 e. The lowest BCUT2D eigenvalue weighted by atomic mass is 10.1. The Morgan fingerprint density at radius 2 is 2.00 bits per heavy atom. The van der Waals surface area contributed by atoms with Crippen molar-refractivity contribution < 1.29 is 4.39 Å². The average molecular weight is 365 g/mol. The summed E-state index contributed by atoms with van der Waals surface area (Å²) in [6, 6.07) is 11.0. The molecular formula is C16H14BrFN2S. The zero-order valence-corrected chi connectivity index (χ0v) is 13.6. The van der Waals surface area contributed by atoms with E-state index in [-0.39, 0.29) is 5.82 Å². The lowest BCUT2D eigenvalue weighted by Gasteiger charge is -2.08. The fraction of sp³-hybridized carbons (Fsp3) is 0.125. The van der Waals surface area contributed by atoms with E-state index in [1.807, 2.05) is 24.4 Å². The maximum Gasteiger partial charge on any atom is 0.123 e. The average Bonchev–Trinajstić information content (AvgIpc) is 2.84. The van der Waals surface area contributed by atoms with Crippen LogP contribution in [0.5, 0.6) is 0 Å². The predicted molar refractivity (Wildman–Crippen MR) is 89.3 cm³/mol. The van der Waals surface area contributed by atoms with Crippen LogP contribution in [-0.2, 0) is 6.42 Å². The second-order valence-electron chi connectivity index (χ2n) is 4.74. The molecule has 108 valence electrons. The first-order valence-corrected chi connectivity index (χ1v) is 8.21. The minimum Gasteiger partial charge on any atom is -0.360 e. The van der Waals surface area contributed by atoms with Crippen LogP contribution in [0.1, 0.15) is 5.56 Å². The molecule has 0 unspecified atom stereocenters. The van der Waals surface area contributed by atoms with Crippen molar-refractivity contribution in [2.24, 2.45) is 5.73 Å². The van der Waals surface area contributed by atoms with Crippen molar-refractivity contribution in [3.63, 3.8) is 0 Å². The maximum absolute atomic E-state index is 13.4. The number of benzene rings is 2. The van der Waals surface area contributed by atoms with Gasteiger partial charge in [0.2, 0.25) is 0 Å². The number of aromatic amines is 1. The van der Waals surface area contributed by atoms with E-state index in [4.69, 9.17) is 5.73 Å². The van der Waals surface area contributed by atoms with Crippen LogP contribution in [-0.4, -0.2) is 11.5 Å². The van der Waals surface area contributed by atoms with Gasteiger partial charge in [0.15, 0.2) is 0 Å². The lowest BCUT2D eigenvalue weighted by Crippen LogP contribution is -2.04. The molecule has 2 aromatic carbocycles. The standard InChI is InChI=1S/C16H14BrFN2S/c17-11-1-3-13-14(8-11)20-9-16(13)21-15-4-2-12(18)7-10(15)5-6-19/h1-4,7-9,20H,5-6,19H2. The van der Waals surface area contributed by atoms with Crippen molar-refractivity contribution in [1.29, 1.82) is 0 Å². The molecule has 3 N–H and O–H groups in total. The summed E-state index contributed by atoms with van der Waals surface area (Å²) in [5.41, 5.74) is 7.65. The van der Waals surface area contributed by atoms with Crippen LogP contribution in [0.25, 0.3) is 10.9 Å². The first-order chi connectivity index (χ1) is 10.2. The third kappa shape index (κ3) is 3.15. The Kier molecular flexibility index (Phi) is 4.33. The molecule has 0 aliphatic carbocycles. The van der Waals surface area contributed by atoms with Crippen LogP contribution in [0, 0.1) is 5.82 Å². The molecule has 1 aromatic heterocycles. The second-order valence-corrected chi connectivity index (χ2v) is 6.74. The van der Waals surface area contributed by atoms with Gasteiger partial charge in [0.05, 0.1) is 0 Å². The number of H-pyrrole nitrogens is 1. The highest BCUT2D eigenvalue weighted by Gasteiger charge is 2.10. The van der Waals surface area contributed by atoms with Gasteiger partial charge < -0.3 is 10.7 Å². The number of hydrogen-bond acceptors (Lipinski definition) is 2. The van der Waals surface area contributed by atoms with Crippen LogP contribution < -0.4 is 5.73 Å². The number of nitrogens with one attached hydrogen (secondary N) is 1.